The number of benzene rings is 1. The third kappa shape index (κ3) is 2.97. The number of aromatic nitrogens is 1. The Morgan fingerprint density at radius 3 is 2.94 bits per heavy atom. The fourth-order valence-electron chi connectivity index (χ4n) is 1.48. The van der Waals surface area contributed by atoms with E-state index in [1.807, 2.05) is 25.1 Å². The van der Waals surface area contributed by atoms with Crippen molar-refractivity contribution in [2.24, 2.45) is 0 Å². The summed E-state index contributed by atoms with van der Waals surface area (Å²) >= 11 is 1.64. The molecule has 2 aromatic rings. The van der Waals surface area contributed by atoms with Crippen molar-refractivity contribution in [2.45, 2.75) is 17.6 Å². The van der Waals surface area contributed by atoms with Crippen LogP contribution in [0.1, 0.15) is 11.1 Å². The molecule has 0 radical (unpaired) electrons. The van der Waals surface area contributed by atoms with Crippen molar-refractivity contribution >= 4 is 17.4 Å². The maximum Gasteiger partial charge on any atom is 0.141 e. The first-order chi connectivity index (χ1) is 8.16. The summed E-state index contributed by atoms with van der Waals surface area (Å²) in [5, 5.41) is 0. The van der Waals surface area contributed by atoms with E-state index >= 15 is 0 Å². The Kier molecular flexibility index (Phi) is 3.64. The van der Waals surface area contributed by atoms with Crippen LogP contribution in [-0.4, -0.2) is 4.98 Å². The minimum Gasteiger partial charge on any atom is -0.398 e. The van der Waals surface area contributed by atoms with Crippen molar-refractivity contribution in [2.75, 3.05) is 5.73 Å². The lowest BCUT2D eigenvalue weighted by molar-refractivity contribution is 0.619. The van der Waals surface area contributed by atoms with Crippen LogP contribution in [0.25, 0.3) is 0 Å². The Bertz CT molecular complexity index is 529. The molecular weight excluding hydrogens is 235 g/mol. The number of thioether (sulfide) groups is 1. The second kappa shape index (κ2) is 5.19. The normalized spacial score (nSPS) is 10.5. The molecule has 1 heterocycles. The molecule has 0 unspecified atom stereocenters. The van der Waals surface area contributed by atoms with Crippen LogP contribution in [0.3, 0.4) is 0 Å². The minimum atomic E-state index is -0.299. The molecule has 1 aromatic heterocycles. The number of pyridine rings is 1. The highest BCUT2D eigenvalue weighted by atomic mass is 32.2. The van der Waals surface area contributed by atoms with E-state index in [4.69, 9.17) is 5.73 Å². The first-order valence-corrected chi connectivity index (χ1v) is 6.22. The standard InChI is InChI=1S/C13H13FN2S/c1-9-12(15)3-2-4-13(9)17-8-10-5-11(14)7-16-6-10/h2-7H,8,15H2,1H3. The number of halogens is 1. The van der Waals surface area contributed by atoms with Crippen molar-refractivity contribution in [3.05, 3.63) is 53.6 Å². The van der Waals surface area contributed by atoms with Crippen molar-refractivity contribution in [1.29, 1.82) is 0 Å². The molecule has 1 aromatic carbocycles. The van der Waals surface area contributed by atoms with Gasteiger partial charge < -0.3 is 5.73 Å². The summed E-state index contributed by atoms with van der Waals surface area (Å²) in [6.07, 6.45) is 2.89. The monoisotopic (exact) mass is 248 g/mol. The molecule has 0 saturated heterocycles. The zero-order valence-electron chi connectivity index (χ0n) is 9.48. The van der Waals surface area contributed by atoms with Gasteiger partial charge in [0, 0.05) is 22.5 Å². The number of hydrogen-bond acceptors (Lipinski definition) is 3. The Balaban J connectivity index is 2.10. The van der Waals surface area contributed by atoms with Crippen LogP contribution in [0.15, 0.2) is 41.6 Å². The number of anilines is 1. The Hall–Kier alpha value is -1.55. The highest BCUT2D eigenvalue weighted by molar-refractivity contribution is 7.98. The van der Waals surface area contributed by atoms with E-state index in [1.165, 1.54) is 12.3 Å². The van der Waals surface area contributed by atoms with Gasteiger partial charge in [-0.3, -0.25) is 4.98 Å². The Morgan fingerprint density at radius 2 is 2.18 bits per heavy atom. The van der Waals surface area contributed by atoms with E-state index in [0.717, 1.165) is 21.7 Å². The van der Waals surface area contributed by atoms with Gasteiger partial charge in [-0.2, -0.15) is 0 Å². The molecule has 0 aliphatic heterocycles. The van der Waals surface area contributed by atoms with Gasteiger partial charge in [0.25, 0.3) is 0 Å². The van der Waals surface area contributed by atoms with Gasteiger partial charge in [-0.15, -0.1) is 11.8 Å². The molecule has 2 rings (SSSR count). The van der Waals surface area contributed by atoms with Crippen LogP contribution in [0.5, 0.6) is 0 Å². The van der Waals surface area contributed by atoms with Gasteiger partial charge >= 0.3 is 0 Å². The van der Waals surface area contributed by atoms with Crippen molar-refractivity contribution < 1.29 is 4.39 Å². The van der Waals surface area contributed by atoms with Crippen LogP contribution < -0.4 is 5.73 Å². The second-order valence-electron chi connectivity index (χ2n) is 3.77. The van der Waals surface area contributed by atoms with Crippen molar-refractivity contribution in [3.8, 4) is 0 Å². The molecule has 17 heavy (non-hydrogen) atoms. The molecule has 0 atom stereocenters. The van der Waals surface area contributed by atoms with Crippen LogP contribution in [0.4, 0.5) is 10.1 Å². The predicted octanol–water partition coefficient (Wildman–Crippen LogP) is 3.40. The van der Waals surface area contributed by atoms with E-state index in [-0.39, 0.29) is 5.82 Å². The maximum absolute atomic E-state index is 12.9. The number of nitrogens with zero attached hydrogens (tertiary/aromatic N) is 1. The number of hydrogen-bond donors (Lipinski definition) is 1. The smallest absolute Gasteiger partial charge is 0.141 e. The van der Waals surface area contributed by atoms with Crippen molar-refractivity contribution in [3.63, 3.8) is 0 Å². The molecular formula is C13H13FN2S. The van der Waals surface area contributed by atoms with Gasteiger partial charge in [0.2, 0.25) is 0 Å². The topological polar surface area (TPSA) is 38.9 Å². The summed E-state index contributed by atoms with van der Waals surface area (Å²) in [5.74, 6) is 0.391. The first kappa shape index (κ1) is 11.9. The first-order valence-electron chi connectivity index (χ1n) is 5.24. The summed E-state index contributed by atoms with van der Waals surface area (Å²) in [5.41, 5.74) is 8.56. The van der Waals surface area contributed by atoms with E-state index in [9.17, 15) is 4.39 Å². The lowest BCUT2D eigenvalue weighted by Crippen LogP contribution is -1.91. The lowest BCUT2D eigenvalue weighted by Gasteiger charge is -2.07. The van der Waals surface area contributed by atoms with Crippen LogP contribution >= 0.6 is 11.8 Å². The van der Waals surface area contributed by atoms with Gasteiger partial charge in [-0.05, 0) is 36.2 Å². The largest absolute Gasteiger partial charge is 0.398 e. The minimum absolute atomic E-state index is 0.299. The van der Waals surface area contributed by atoms with Gasteiger partial charge in [0.1, 0.15) is 5.82 Å². The van der Waals surface area contributed by atoms with Gasteiger partial charge in [-0.25, -0.2) is 4.39 Å². The lowest BCUT2D eigenvalue weighted by atomic mass is 10.2. The molecule has 0 saturated carbocycles. The fraction of sp³-hybridized carbons (Fsp3) is 0.154. The van der Waals surface area contributed by atoms with E-state index < -0.39 is 0 Å². The maximum atomic E-state index is 12.9. The average Bonchev–Trinajstić information content (AvgIpc) is 2.31. The molecule has 0 aliphatic rings. The third-order valence-corrected chi connectivity index (χ3v) is 3.71. The average molecular weight is 248 g/mol. The van der Waals surface area contributed by atoms with E-state index in [0.29, 0.717) is 5.75 Å². The summed E-state index contributed by atoms with van der Waals surface area (Å²) in [6.45, 7) is 1.99. The molecule has 4 heteroatoms. The zero-order valence-corrected chi connectivity index (χ0v) is 10.3. The highest BCUT2D eigenvalue weighted by Crippen LogP contribution is 2.28. The molecule has 0 amide bonds. The molecule has 0 bridgehead atoms. The second-order valence-corrected chi connectivity index (χ2v) is 4.79. The molecule has 0 fully saturated rings. The van der Waals surface area contributed by atoms with E-state index in [2.05, 4.69) is 4.98 Å². The summed E-state index contributed by atoms with van der Waals surface area (Å²) in [7, 11) is 0. The van der Waals surface area contributed by atoms with E-state index in [1.54, 1.807) is 18.0 Å². The van der Waals surface area contributed by atoms with Gasteiger partial charge in [0.05, 0.1) is 6.20 Å². The molecule has 2 N–H and O–H groups in total. The van der Waals surface area contributed by atoms with Crippen molar-refractivity contribution in [1.82, 2.24) is 4.98 Å². The number of nitrogens with two attached hydrogens (primary N) is 1. The molecule has 0 spiro atoms. The predicted molar refractivity (Wildman–Crippen MR) is 69.3 cm³/mol. The summed E-state index contributed by atoms with van der Waals surface area (Å²) < 4.78 is 12.9. The zero-order chi connectivity index (χ0) is 12.3. The SMILES string of the molecule is Cc1c(N)cccc1SCc1cncc(F)c1. The summed E-state index contributed by atoms with van der Waals surface area (Å²) in [6, 6.07) is 7.32. The Morgan fingerprint density at radius 1 is 1.35 bits per heavy atom. The number of nitrogen functional groups attached to an aromatic ring is 1. The van der Waals surface area contributed by atoms with Crippen LogP contribution in [0, 0.1) is 12.7 Å². The molecule has 88 valence electrons. The van der Waals surface area contributed by atoms with Crippen LogP contribution in [0.2, 0.25) is 0 Å². The quantitative estimate of drug-likeness (QED) is 0.668. The number of rotatable bonds is 3. The fourth-order valence-corrected chi connectivity index (χ4v) is 2.47. The Labute approximate surface area is 104 Å². The van der Waals surface area contributed by atoms with Gasteiger partial charge in [-0.1, -0.05) is 6.07 Å². The van der Waals surface area contributed by atoms with Crippen LogP contribution in [-0.2, 0) is 5.75 Å². The van der Waals surface area contributed by atoms with Gasteiger partial charge in [0.15, 0.2) is 0 Å². The molecule has 2 nitrogen and oxygen atoms in total. The highest BCUT2D eigenvalue weighted by Gasteiger charge is 2.03. The molecule has 0 aliphatic carbocycles. The third-order valence-electron chi connectivity index (χ3n) is 2.48. The summed E-state index contributed by atoms with van der Waals surface area (Å²) in [4.78, 5) is 4.94.